The van der Waals surface area contributed by atoms with Crippen LogP contribution in [-0.2, 0) is 4.74 Å². The molecule has 124 valence electrons. The number of hydrogen-bond acceptors (Lipinski definition) is 3. The normalized spacial score (nSPS) is 22.2. The van der Waals surface area contributed by atoms with Crippen molar-refractivity contribution in [3.8, 4) is 0 Å². The average molecular weight is 298 g/mol. The molecule has 4 nitrogen and oxygen atoms in total. The molecule has 1 rings (SSSR count). The second-order valence-electron chi connectivity index (χ2n) is 7.32. The zero-order valence-corrected chi connectivity index (χ0v) is 14.7. The molecule has 0 aromatic heterocycles. The van der Waals surface area contributed by atoms with E-state index >= 15 is 0 Å². The van der Waals surface area contributed by atoms with Gasteiger partial charge in [0.2, 0.25) is 0 Å². The summed E-state index contributed by atoms with van der Waals surface area (Å²) in [6.07, 6.45) is 3.36. The van der Waals surface area contributed by atoms with Gasteiger partial charge in [-0.1, -0.05) is 27.2 Å². The zero-order valence-electron chi connectivity index (χ0n) is 14.7. The predicted octanol–water partition coefficient (Wildman–Crippen LogP) is 3.66. The van der Waals surface area contributed by atoms with Gasteiger partial charge >= 0.3 is 6.09 Å². The Morgan fingerprint density at radius 2 is 2.05 bits per heavy atom. The van der Waals surface area contributed by atoms with Gasteiger partial charge < -0.3 is 15.0 Å². The molecule has 21 heavy (non-hydrogen) atoms. The molecule has 1 aliphatic heterocycles. The number of rotatable bonds is 6. The molecule has 0 aliphatic carbocycles. The van der Waals surface area contributed by atoms with Gasteiger partial charge in [0.05, 0.1) is 0 Å². The van der Waals surface area contributed by atoms with Crippen molar-refractivity contribution in [2.75, 3.05) is 19.6 Å². The van der Waals surface area contributed by atoms with Crippen molar-refractivity contribution >= 4 is 6.09 Å². The van der Waals surface area contributed by atoms with Crippen molar-refractivity contribution in [2.45, 2.75) is 72.4 Å². The van der Waals surface area contributed by atoms with E-state index in [0.717, 1.165) is 26.1 Å². The van der Waals surface area contributed by atoms with E-state index in [9.17, 15) is 4.79 Å². The summed E-state index contributed by atoms with van der Waals surface area (Å²) in [7, 11) is 0. The van der Waals surface area contributed by atoms with E-state index in [1.807, 2.05) is 25.7 Å². The minimum atomic E-state index is -0.411. The Morgan fingerprint density at radius 3 is 2.57 bits per heavy atom. The molecule has 4 heteroatoms. The molecule has 1 amide bonds. The fourth-order valence-corrected chi connectivity index (χ4v) is 3.28. The van der Waals surface area contributed by atoms with Crippen LogP contribution in [0, 0.1) is 11.8 Å². The summed E-state index contributed by atoms with van der Waals surface area (Å²) < 4.78 is 5.48. The highest BCUT2D eigenvalue weighted by Crippen LogP contribution is 2.27. The van der Waals surface area contributed by atoms with E-state index in [2.05, 4.69) is 26.1 Å². The minimum Gasteiger partial charge on any atom is -0.444 e. The third kappa shape index (κ3) is 5.85. The number of amides is 1. The maximum atomic E-state index is 12.2. The van der Waals surface area contributed by atoms with Gasteiger partial charge in [-0.2, -0.15) is 0 Å². The number of likely N-dealkylation sites (tertiary alicyclic amines) is 1. The summed E-state index contributed by atoms with van der Waals surface area (Å²) in [5, 5.41) is 3.64. The summed E-state index contributed by atoms with van der Waals surface area (Å²) in [4.78, 5) is 14.0. The first-order valence-electron chi connectivity index (χ1n) is 8.49. The van der Waals surface area contributed by atoms with Crippen LogP contribution in [-0.4, -0.2) is 42.3 Å². The second kappa shape index (κ2) is 8.02. The van der Waals surface area contributed by atoms with Crippen molar-refractivity contribution < 1.29 is 9.53 Å². The van der Waals surface area contributed by atoms with Gasteiger partial charge in [0.1, 0.15) is 5.60 Å². The molecule has 0 radical (unpaired) electrons. The Kier molecular flexibility index (Phi) is 6.98. The van der Waals surface area contributed by atoms with Gasteiger partial charge in [-0.15, -0.1) is 0 Å². The molecule has 1 fully saturated rings. The van der Waals surface area contributed by atoms with E-state index < -0.39 is 5.60 Å². The molecule has 1 heterocycles. The SMILES string of the molecule is CCCC(C)C(NCC)C1CCN(C(=O)OC(C)(C)C)C1. The lowest BCUT2D eigenvalue weighted by Gasteiger charge is -2.30. The quantitative estimate of drug-likeness (QED) is 0.813. The molecule has 0 bridgehead atoms. The Balaban J connectivity index is 2.59. The molecular weight excluding hydrogens is 264 g/mol. The highest BCUT2D eigenvalue weighted by Gasteiger charge is 2.35. The van der Waals surface area contributed by atoms with E-state index in [-0.39, 0.29) is 6.09 Å². The van der Waals surface area contributed by atoms with Crippen LogP contribution in [0.15, 0.2) is 0 Å². The minimum absolute atomic E-state index is 0.164. The van der Waals surface area contributed by atoms with Gasteiger partial charge in [-0.25, -0.2) is 4.79 Å². The van der Waals surface area contributed by atoms with Crippen LogP contribution in [0.1, 0.15) is 60.8 Å². The molecule has 0 aromatic carbocycles. The molecule has 3 atom stereocenters. The highest BCUT2D eigenvalue weighted by molar-refractivity contribution is 5.68. The number of carbonyl (C=O) groups is 1. The van der Waals surface area contributed by atoms with Crippen LogP contribution >= 0.6 is 0 Å². The van der Waals surface area contributed by atoms with Crippen molar-refractivity contribution in [1.82, 2.24) is 10.2 Å². The Labute approximate surface area is 130 Å². The van der Waals surface area contributed by atoms with E-state index in [4.69, 9.17) is 4.74 Å². The number of ether oxygens (including phenoxy) is 1. The zero-order chi connectivity index (χ0) is 16.0. The molecule has 3 unspecified atom stereocenters. The van der Waals surface area contributed by atoms with Crippen molar-refractivity contribution in [2.24, 2.45) is 11.8 Å². The lowest BCUT2D eigenvalue weighted by atomic mass is 9.86. The summed E-state index contributed by atoms with van der Waals surface area (Å²) in [5.41, 5.74) is -0.411. The molecule has 0 spiro atoms. The maximum Gasteiger partial charge on any atom is 0.410 e. The van der Waals surface area contributed by atoms with E-state index in [1.165, 1.54) is 12.8 Å². The highest BCUT2D eigenvalue weighted by atomic mass is 16.6. The Bertz CT molecular complexity index is 325. The number of nitrogens with zero attached hydrogens (tertiary/aromatic N) is 1. The largest absolute Gasteiger partial charge is 0.444 e. The third-order valence-corrected chi connectivity index (χ3v) is 4.18. The predicted molar refractivity (Wildman–Crippen MR) is 87.5 cm³/mol. The number of carbonyl (C=O) groups excluding carboxylic acids is 1. The van der Waals surface area contributed by atoms with Crippen LogP contribution in [0.4, 0.5) is 4.79 Å². The van der Waals surface area contributed by atoms with Gasteiger partial charge in [0, 0.05) is 19.1 Å². The maximum absolute atomic E-state index is 12.2. The fraction of sp³-hybridized carbons (Fsp3) is 0.941. The second-order valence-corrected chi connectivity index (χ2v) is 7.32. The first-order valence-corrected chi connectivity index (χ1v) is 8.49. The third-order valence-electron chi connectivity index (χ3n) is 4.18. The van der Waals surface area contributed by atoms with Crippen molar-refractivity contribution in [3.63, 3.8) is 0 Å². The van der Waals surface area contributed by atoms with Gasteiger partial charge in [-0.3, -0.25) is 0 Å². The average Bonchev–Trinajstić information content (AvgIpc) is 2.83. The first kappa shape index (κ1) is 18.3. The van der Waals surface area contributed by atoms with Crippen LogP contribution in [0.3, 0.4) is 0 Å². The lowest BCUT2D eigenvalue weighted by Crippen LogP contribution is -2.43. The van der Waals surface area contributed by atoms with E-state index in [1.54, 1.807) is 0 Å². The van der Waals surface area contributed by atoms with Crippen molar-refractivity contribution in [1.29, 1.82) is 0 Å². The molecule has 0 aromatic rings. The van der Waals surface area contributed by atoms with Gasteiger partial charge in [0.15, 0.2) is 0 Å². The topological polar surface area (TPSA) is 41.6 Å². The standard InChI is InChI=1S/C17H34N2O2/c1-7-9-13(3)15(18-8-2)14-10-11-19(12-14)16(20)21-17(4,5)6/h13-15,18H,7-12H2,1-6H3. The summed E-state index contributed by atoms with van der Waals surface area (Å²) in [6.45, 7) is 15.1. The Morgan fingerprint density at radius 1 is 1.38 bits per heavy atom. The summed E-state index contributed by atoms with van der Waals surface area (Å²) in [6, 6.07) is 0.502. The molecule has 1 saturated heterocycles. The van der Waals surface area contributed by atoms with Crippen LogP contribution in [0.25, 0.3) is 0 Å². The lowest BCUT2D eigenvalue weighted by molar-refractivity contribution is 0.0283. The molecule has 1 aliphatic rings. The molecular formula is C17H34N2O2. The van der Waals surface area contributed by atoms with Crippen LogP contribution in [0.5, 0.6) is 0 Å². The monoisotopic (exact) mass is 298 g/mol. The summed E-state index contributed by atoms with van der Waals surface area (Å²) >= 11 is 0. The van der Waals surface area contributed by atoms with E-state index in [0.29, 0.717) is 17.9 Å². The van der Waals surface area contributed by atoms with Crippen molar-refractivity contribution in [3.05, 3.63) is 0 Å². The number of nitrogens with one attached hydrogen (secondary N) is 1. The molecule has 0 saturated carbocycles. The first-order chi connectivity index (χ1) is 9.78. The van der Waals surface area contributed by atoms with Gasteiger partial charge in [0.25, 0.3) is 0 Å². The van der Waals surface area contributed by atoms with Crippen LogP contribution < -0.4 is 5.32 Å². The van der Waals surface area contributed by atoms with Crippen LogP contribution in [0.2, 0.25) is 0 Å². The number of hydrogen-bond donors (Lipinski definition) is 1. The van der Waals surface area contributed by atoms with Gasteiger partial charge in [-0.05, 0) is 52.0 Å². The molecule has 1 N–H and O–H groups in total. The fourth-order valence-electron chi connectivity index (χ4n) is 3.28. The smallest absolute Gasteiger partial charge is 0.410 e. The Hall–Kier alpha value is -0.770. The summed E-state index contributed by atoms with van der Waals surface area (Å²) in [5.74, 6) is 1.19.